The van der Waals surface area contributed by atoms with Crippen LogP contribution in [-0.2, 0) is 0 Å². The number of hydrogen-bond donors (Lipinski definition) is 0. The molecule has 0 spiro atoms. The van der Waals surface area contributed by atoms with Crippen LogP contribution in [0.4, 0.5) is 0 Å². The Bertz CT molecular complexity index is 339. The second-order valence-corrected chi connectivity index (χ2v) is 3.19. The number of thioether (sulfide) groups is 1. The molecule has 2 nitrogen and oxygen atoms in total. The lowest BCUT2D eigenvalue weighted by Gasteiger charge is -2.03. The molecule has 1 rings (SSSR count). The maximum Gasteiger partial charge on any atom is 0.114 e. The van der Waals surface area contributed by atoms with Crippen molar-refractivity contribution in [2.24, 2.45) is 0 Å². The van der Waals surface area contributed by atoms with Crippen LogP contribution in [0.25, 0.3) is 0 Å². The minimum absolute atomic E-state index is 0.639. The summed E-state index contributed by atoms with van der Waals surface area (Å²) in [6, 6.07) is 4.02. The van der Waals surface area contributed by atoms with Crippen LogP contribution in [0, 0.1) is 31.4 Å². The molecule has 1 aromatic heterocycles. The molecule has 0 unspecified atom stereocenters. The molecule has 0 atom stereocenters. The fourth-order valence-electron chi connectivity index (χ4n) is 1.04. The van der Waals surface area contributed by atoms with Crippen molar-refractivity contribution in [1.82, 2.24) is 4.98 Å². The highest BCUT2D eigenvalue weighted by Gasteiger charge is 2.06. The van der Waals surface area contributed by atoms with Crippen molar-refractivity contribution in [2.45, 2.75) is 18.9 Å². The molecule has 0 aliphatic rings. The van der Waals surface area contributed by atoms with E-state index in [1.165, 1.54) is 11.8 Å². The summed E-state index contributed by atoms with van der Waals surface area (Å²) in [6.07, 6.45) is 3.65. The molecule has 0 fully saturated rings. The molecule has 12 heavy (non-hydrogen) atoms. The second kappa shape index (κ2) is 3.59. The third-order valence-electron chi connectivity index (χ3n) is 1.56. The van der Waals surface area contributed by atoms with Crippen LogP contribution in [0.5, 0.6) is 0 Å². The summed E-state index contributed by atoms with van der Waals surface area (Å²) in [5.74, 6) is 0. The van der Waals surface area contributed by atoms with E-state index in [0.717, 1.165) is 16.3 Å². The van der Waals surface area contributed by atoms with E-state index < -0.39 is 0 Å². The number of aryl methyl sites for hydroxylation is 2. The summed E-state index contributed by atoms with van der Waals surface area (Å²) in [7, 11) is 0. The Morgan fingerprint density at radius 3 is 2.75 bits per heavy atom. The molecular formula is C9H9N2S. The number of pyridine rings is 1. The molecule has 0 aromatic carbocycles. The number of aromatic nitrogens is 1. The van der Waals surface area contributed by atoms with Gasteiger partial charge in [0.2, 0.25) is 0 Å². The van der Waals surface area contributed by atoms with Crippen molar-refractivity contribution < 1.29 is 0 Å². The Kier molecular flexibility index (Phi) is 2.72. The first kappa shape index (κ1) is 9.08. The molecule has 0 aliphatic heterocycles. The average molecular weight is 177 g/mol. The summed E-state index contributed by atoms with van der Waals surface area (Å²) in [5, 5.41) is 9.51. The largest absolute Gasteiger partial charge is 0.245 e. The van der Waals surface area contributed by atoms with Crippen molar-refractivity contribution in [3.05, 3.63) is 29.1 Å². The van der Waals surface area contributed by atoms with Gasteiger partial charge in [-0.2, -0.15) is 5.26 Å². The first-order chi connectivity index (χ1) is 5.69. The summed E-state index contributed by atoms with van der Waals surface area (Å²) in [5.41, 5.74) is 2.54. The van der Waals surface area contributed by atoms with Crippen molar-refractivity contribution >= 4 is 11.8 Å². The first-order valence-corrected chi connectivity index (χ1v) is 4.48. The van der Waals surface area contributed by atoms with Crippen molar-refractivity contribution in [3.8, 4) is 6.07 Å². The van der Waals surface area contributed by atoms with Gasteiger partial charge in [-0.15, -0.1) is 11.8 Å². The zero-order valence-electron chi connectivity index (χ0n) is 7.09. The fraction of sp³-hybridized carbons (Fsp3) is 0.222. The predicted octanol–water partition coefficient (Wildman–Crippen LogP) is 2.45. The standard InChI is InChI=1S/C9H9N2S/c1-6-4-7(2)11-9(12-3)8(6)5-10/h4H,3H2,1-2H3. The molecule has 0 saturated heterocycles. The van der Waals surface area contributed by atoms with Crippen LogP contribution in [0.15, 0.2) is 11.1 Å². The first-order valence-electron chi connectivity index (χ1n) is 3.49. The molecule has 0 aliphatic carbocycles. The molecule has 0 saturated carbocycles. The molecule has 1 heterocycles. The molecule has 1 radical (unpaired) electrons. The highest BCUT2D eigenvalue weighted by atomic mass is 32.2. The van der Waals surface area contributed by atoms with Gasteiger partial charge >= 0.3 is 0 Å². The Labute approximate surface area is 76.6 Å². The third kappa shape index (κ3) is 1.59. The molecule has 3 heteroatoms. The van der Waals surface area contributed by atoms with Crippen molar-refractivity contribution in [3.63, 3.8) is 0 Å². The monoisotopic (exact) mass is 177 g/mol. The van der Waals surface area contributed by atoms with Crippen LogP contribution in [0.3, 0.4) is 0 Å². The van der Waals surface area contributed by atoms with Crippen LogP contribution in [-0.4, -0.2) is 4.98 Å². The van der Waals surface area contributed by atoms with E-state index in [-0.39, 0.29) is 0 Å². The van der Waals surface area contributed by atoms with Crippen LogP contribution in [0.1, 0.15) is 16.8 Å². The van der Waals surface area contributed by atoms with E-state index in [2.05, 4.69) is 17.3 Å². The zero-order chi connectivity index (χ0) is 9.14. The van der Waals surface area contributed by atoms with Gasteiger partial charge in [0, 0.05) is 11.9 Å². The highest BCUT2D eigenvalue weighted by Crippen LogP contribution is 2.21. The van der Waals surface area contributed by atoms with Gasteiger partial charge < -0.3 is 0 Å². The van der Waals surface area contributed by atoms with Gasteiger partial charge in [-0.05, 0) is 25.5 Å². The lowest BCUT2D eigenvalue weighted by molar-refractivity contribution is 1.03. The van der Waals surface area contributed by atoms with E-state index >= 15 is 0 Å². The van der Waals surface area contributed by atoms with Gasteiger partial charge in [-0.25, -0.2) is 4.98 Å². The number of nitrogens with zero attached hydrogens (tertiary/aromatic N) is 2. The molecular weight excluding hydrogens is 168 g/mol. The maximum atomic E-state index is 8.79. The normalized spacial score (nSPS) is 9.50. The number of hydrogen-bond acceptors (Lipinski definition) is 3. The van der Waals surface area contributed by atoms with Crippen LogP contribution >= 0.6 is 11.8 Å². The second-order valence-electron chi connectivity index (χ2n) is 2.52. The molecule has 1 aromatic rings. The lowest BCUT2D eigenvalue weighted by Crippen LogP contribution is -1.92. The van der Waals surface area contributed by atoms with Gasteiger partial charge in [0.25, 0.3) is 0 Å². The van der Waals surface area contributed by atoms with E-state index in [0.29, 0.717) is 5.56 Å². The van der Waals surface area contributed by atoms with Gasteiger partial charge in [0.15, 0.2) is 0 Å². The maximum absolute atomic E-state index is 8.79. The summed E-state index contributed by atoms with van der Waals surface area (Å²) >= 11 is 1.26. The summed E-state index contributed by atoms with van der Waals surface area (Å²) < 4.78 is 0. The quantitative estimate of drug-likeness (QED) is 0.618. The molecule has 0 amide bonds. The van der Waals surface area contributed by atoms with Gasteiger partial charge in [0.05, 0.1) is 5.56 Å². The number of rotatable bonds is 1. The number of nitriles is 1. The van der Waals surface area contributed by atoms with Crippen LogP contribution < -0.4 is 0 Å². The molecule has 61 valence electrons. The van der Waals surface area contributed by atoms with E-state index in [4.69, 9.17) is 5.26 Å². The SMILES string of the molecule is [CH2]Sc1nc(C)cc(C)c1C#N. The smallest absolute Gasteiger partial charge is 0.114 e. The Hall–Kier alpha value is -1.01. The predicted molar refractivity (Wildman–Crippen MR) is 49.6 cm³/mol. The van der Waals surface area contributed by atoms with Gasteiger partial charge in [-0.3, -0.25) is 0 Å². The zero-order valence-corrected chi connectivity index (χ0v) is 7.90. The van der Waals surface area contributed by atoms with Crippen LogP contribution in [0.2, 0.25) is 0 Å². The summed E-state index contributed by atoms with van der Waals surface area (Å²) in [6.45, 7) is 3.82. The minimum Gasteiger partial charge on any atom is -0.245 e. The summed E-state index contributed by atoms with van der Waals surface area (Å²) in [4.78, 5) is 4.20. The minimum atomic E-state index is 0.639. The Morgan fingerprint density at radius 2 is 2.25 bits per heavy atom. The third-order valence-corrected chi connectivity index (χ3v) is 2.13. The fourth-order valence-corrected chi connectivity index (χ4v) is 1.60. The average Bonchev–Trinajstić information content (AvgIpc) is 2.03. The topological polar surface area (TPSA) is 36.7 Å². The molecule has 0 N–H and O–H groups in total. The van der Waals surface area contributed by atoms with Gasteiger partial charge in [0.1, 0.15) is 11.1 Å². The highest BCUT2D eigenvalue weighted by molar-refractivity contribution is 8.00. The van der Waals surface area contributed by atoms with E-state index in [1.54, 1.807) is 0 Å². The van der Waals surface area contributed by atoms with Gasteiger partial charge in [-0.1, -0.05) is 0 Å². The Balaban J connectivity index is 3.36. The Morgan fingerprint density at radius 1 is 1.58 bits per heavy atom. The van der Waals surface area contributed by atoms with E-state index in [1.807, 2.05) is 19.9 Å². The van der Waals surface area contributed by atoms with E-state index in [9.17, 15) is 0 Å². The van der Waals surface area contributed by atoms with Crippen molar-refractivity contribution in [2.75, 3.05) is 0 Å². The lowest BCUT2D eigenvalue weighted by atomic mass is 10.1. The molecule has 0 bridgehead atoms. The van der Waals surface area contributed by atoms with Crippen molar-refractivity contribution in [1.29, 1.82) is 5.26 Å².